The molecule has 0 spiro atoms. The van der Waals surface area contributed by atoms with E-state index in [-0.39, 0.29) is 28.4 Å². The molecule has 0 aliphatic rings. The van der Waals surface area contributed by atoms with Crippen LogP contribution < -0.4 is 27.4 Å². The van der Waals surface area contributed by atoms with Crippen LogP contribution in [0.25, 0.3) is 21.9 Å². The number of ketones is 1. The number of anilines is 1. The molecular formula is C52H80N8O5S2. The summed E-state index contributed by atoms with van der Waals surface area (Å²) < 4.78 is 7.84. The lowest BCUT2D eigenvalue weighted by atomic mass is 9.95. The predicted molar refractivity (Wildman–Crippen MR) is 281 cm³/mol. The van der Waals surface area contributed by atoms with Gasteiger partial charge in [-0.1, -0.05) is 90.1 Å². The molecule has 4 aromatic rings. The van der Waals surface area contributed by atoms with Crippen LogP contribution in [0.1, 0.15) is 159 Å². The van der Waals surface area contributed by atoms with E-state index in [9.17, 15) is 19.2 Å². The van der Waals surface area contributed by atoms with Gasteiger partial charge in [-0.25, -0.2) is 9.97 Å². The standard InChI is InChI=1S/C34H55N3O4S2.C18H25N5O/c1-5-6-7-10-15-26(2)27(3)33(40)31(35)16-11-13-23-37-34(41)30-19-17-29(18-20-30)28(4)43-42-25-21-32(39)36-22-12-8-9-14-24-38;1-5-24-10-14-22-15-16(23(14)11-18(2,3)20-4)12-8-6-7-9-13(12)21-17(15)19/h17-20,24,28,31H,5-16,21-23,25,35H2,1-4H3,(H,36,39)(H,37,41);6-9,20H,5,10-11H2,1-4H3,(H2,19,21). The van der Waals surface area contributed by atoms with Crippen molar-refractivity contribution in [1.82, 2.24) is 30.5 Å². The summed E-state index contributed by atoms with van der Waals surface area (Å²) in [6, 6.07) is 15.2. The fourth-order valence-electron chi connectivity index (χ4n) is 7.36. The van der Waals surface area contributed by atoms with Gasteiger partial charge in [-0.2, -0.15) is 0 Å². The summed E-state index contributed by atoms with van der Waals surface area (Å²) in [7, 11) is 5.37. The van der Waals surface area contributed by atoms with Crippen molar-refractivity contribution in [3.63, 3.8) is 0 Å². The number of nitrogens with one attached hydrogen (secondary N) is 3. The molecule has 0 aliphatic carbocycles. The number of carbonyl (C=O) groups is 4. The third-order valence-corrected chi connectivity index (χ3v) is 14.8. The topological polar surface area (TPSA) is 196 Å². The molecule has 15 heteroatoms. The first-order valence-electron chi connectivity index (χ1n) is 24.3. The van der Waals surface area contributed by atoms with Crippen molar-refractivity contribution in [2.75, 3.05) is 38.2 Å². The number of nitrogens with zero attached hydrogens (tertiary/aromatic N) is 3. The van der Waals surface area contributed by atoms with Crippen LogP contribution >= 0.6 is 21.6 Å². The van der Waals surface area contributed by atoms with E-state index in [1.54, 1.807) is 21.6 Å². The number of nitrogen functional groups attached to an aromatic ring is 1. The highest BCUT2D eigenvalue weighted by Gasteiger charge is 2.23. The largest absolute Gasteiger partial charge is 0.382 e. The van der Waals surface area contributed by atoms with E-state index in [0.29, 0.717) is 56.9 Å². The molecule has 2 atom stereocenters. The van der Waals surface area contributed by atoms with Crippen molar-refractivity contribution in [2.45, 2.75) is 162 Å². The number of carbonyl (C=O) groups excluding carboxylic acids is 4. The highest BCUT2D eigenvalue weighted by molar-refractivity contribution is 8.76. The zero-order valence-electron chi connectivity index (χ0n) is 41.6. The van der Waals surface area contributed by atoms with Crippen LogP contribution in [0.4, 0.5) is 5.82 Å². The predicted octanol–water partition coefficient (Wildman–Crippen LogP) is 10.2. The van der Waals surface area contributed by atoms with Crippen molar-refractivity contribution < 1.29 is 23.9 Å². The normalized spacial score (nSPS) is 12.9. The lowest BCUT2D eigenvalue weighted by molar-refractivity contribution is -0.120. The maximum atomic E-state index is 12.7. The zero-order valence-corrected chi connectivity index (χ0v) is 43.3. The van der Waals surface area contributed by atoms with E-state index >= 15 is 0 Å². The number of aromatic nitrogens is 3. The summed E-state index contributed by atoms with van der Waals surface area (Å²) in [5.74, 6) is 2.08. The lowest BCUT2D eigenvalue weighted by Crippen LogP contribution is -2.40. The first kappa shape index (κ1) is 57.0. The Balaban J connectivity index is 0.000000413. The van der Waals surface area contributed by atoms with Crippen LogP contribution in [-0.4, -0.2) is 82.5 Å². The number of imidazole rings is 1. The molecule has 0 bridgehead atoms. The summed E-state index contributed by atoms with van der Waals surface area (Å²) >= 11 is 0. The van der Waals surface area contributed by atoms with Crippen LogP contribution in [0.3, 0.4) is 0 Å². The van der Waals surface area contributed by atoms with Crippen LogP contribution in [0, 0.1) is 0 Å². The van der Waals surface area contributed by atoms with E-state index in [1.165, 1.54) is 19.3 Å². The highest BCUT2D eigenvalue weighted by Crippen LogP contribution is 2.38. The van der Waals surface area contributed by atoms with Crippen LogP contribution in [-0.2, 0) is 32.3 Å². The molecule has 7 N–H and O–H groups in total. The van der Waals surface area contributed by atoms with Gasteiger partial charge in [0.1, 0.15) is 24.2 Å². The van der Waals surface area contributed by atoms with Crippen molar-refractivity contribution in [3.8, 4) is 0 Å². The second kappa shape index (κ2) is 31.0. The van der Waals surface area contributed by atoms with Crippen LogP contribution in [0.15, 0.2) is 59.7 Å². The van der Waals surface area contributed by atoms with Crippen molar-refractivity contribution >= 4 is 73.2 Å². The number of allylic oxidation sites excluding steroid dienone is 1. The number of hydrogen-bond donors (Lipinski definition) is 5. The molecule has 0 radical (unpaired) electrons. The third-order valence-electron chi connectivity index (χ3n) is 11.9. The van der Waals surface area contributed by atoms with E-state index in [4.69, 9.17) is 21.2 Å². The smallest absolute Gasteiger partial charge is 0.251 e. The molecule has 0 fully saturated rings. The second-order valence-corrected chi connectivity index (χ2v) is 20.7. The monoisotopic (exact) mass is 961 g/mol. The van der Waals surface area contributed by atoms with Gasteiger partial charge < -0.3 is 41.5 Å². The van der Waals surface area contributed by atoms with E-state index in [0.717, 1.165) is 108 Å². The average molecular weight is 961 g/mol. The Morgan fingerprint density at radius 3 is 2.30 bits per heavy atom. The van der Waals surface area contributed by atoms with Crippen LogP contribution in [0.5, 0.6) is 0 Å². The Bertz CT molecular complexity index is 2170. The Hall–Kier alpha value is -4.28. The molecule has 2 aromatic heterocycles. The molecule has 13 nitrogen and oxygen atoms in total. The minimum Gasteiger partial charge on any atom is -0.382 e. The fourth-order valence-corrected chi connectivity index (χ4v) is 9.68. The van der Waals surface area contributed by atoms with Gasteiger partial charge >= 0.3 is 0 Å². The molecule has 0 saturated carbocycles. The molecular weight excluding hydrogens is 881 g/mol. The molecule has 4 rings (SSSR count). The number of fused-ring (bicyclic) bond motifs is 3. The molecule has 67 heavy (non-hydrogen) atoms. The summed E-state index contributed by atoms with van der Waals surface area (Å²) in [5, 5.41) is 10.6. The van der Waals surface area contributed by atoms with Gasteiger partial charge in [0, 0.05) is 66.6 Å². The van der Waals surface area contributed by atoms with Crippen molar-refractivity contribution in [2.24, 2.45) is 5.73 Å². The van der Waals surface area contributed by atoms with Gasteiger partial charge in [-0.05, 0) is 123 Å². The summed E-state index contributed by atoms with van der Waals surface area (Å²) in [5.41, 5.74) is 18.7. The van der Waals surface area contributed by atoms with Gasteiger partial charge in [0.25, 0.3) is 5.91 Å². The third kappa shape index (κ3) is 19.7. The first-order valence-corrected chi connectivity index (χ1v) is 26.7. The number of benzene rings is 2. The zero-order chi connectivity index (χ0) is 49.2. The van der Waals surface area contributed by atoms with Gasteiger partial charge in [0.2, 0.25) is 5.91 Å². The number of para-hydroxylation sites is 1. The van der Waals surface area contributed by atoms with Gasteiger partial charge in [0.05, 0.1) is 17.1 Å². The molecule has 370 valence electrons. The van der Waals surface area contributed by atoms with E-state index in [1.807, 2.05) is 70.3 Å². The van der Waals surface area contributed by atoms with Gasteiger partial charge in [0.15, 0.2) is 11.6 Å². The minimum atomic E-state index is -0.487. The molecule has 2 amide bonds. The van der Waals surface area contributed by atoms with Crippen molar-refractivity contribution in [1.29, 1.82) is 0 Å². The number of rotatable bonds is 31. The van der Waals surface area contributed by atoms with Crippen LogP contribution in [0.2, 0.25) is 0 Å². The lowest BCUT2D eigenvalue weighted by Gasteiger charge is -2.26. The summed E-state index contributed by atoms with van der Waals surface area (Å²) in [6.07, 6.45) is 12.6. The number of ether oxygens (including phenoxy) is 1. The van der Waals surface area contributed by atoms with Crippen molar-refractivity contribution in [3.05, 3.63) is 76.6 Å². The second-order valence-electron chi connectivity index (χ2n) is 17.8. The Morgan fingerprint density at radius 2 is 1.60 bits per heavy atom. The highest BCUT2D eigenvalue weighted by atomic mass is 33.1. The number of hydrogen-bond acceptors (Lipinski definition) is 12. The number of likely N-dealkylation sites (N-methyl/N-ethyl adjacent to an activating group) is 1. The van der Waals surface area contributed by atoms with Gasteiger partial charge in [-0.15, -0.1) is 0 Å². The molecule has 0 saturated heterocycles. The SMILES string of the molecule is CCCCCCC(C)=C(C)C(=O)C(N)CCCCNC(=O)c1ccc(C(C)SSCCC(=O)NCCCCCC=O)cc1.CCOCc1nc2c(N)nc3ccccc3c2n1CC(C)(C)NC. The Morgan fingerprint density at radius 1 is 0.896 bits per heavy atom. The molecule has 2 aromatic carbocycles. The maximum Gasteiger partial charge on any atom is 0.251 e. The number of pyridine rings is 1. The average Bonchev–Trinajstić information content (AvgIpc) is 3.69. The quantitative estimate of drug-likeness (QED) is 0.0139. The minimum absolute atomic E-state index is 0.0445. The van der Waals surface area contributed by atoms with Gasteiger partial charge in [-0.3, -0.25) is 14.4 Å². The number of Topliss-reactive ketones (excluding diaryl/α,β-unsaturated/α-hetero) is 1. The van der Waals surface area contributed by atoms with E-state index < -0.39 is 6.04 Å². The Kier molecular flexibility index (Phi) is 26.4. The molecule has 2 unspecified atom stereocenters. The Labute approximate surface area is 408 Å². The number of nitrogens with two attached hydrogens (primary N) is 2. The summed E-state index contributed by atoms with van der Waals surface area (Å²) in [4.78, 5) is 56.8. The fraction of sp³-hybridized carbons (Fsp3) is 0.577. The van der Waals surface area contributed by atoms with E-state index in [2.05, 4.69) is 59.3 Å². The summed E-state index contributed by atoms with van der Waals surface area (Å²) in [6.45, 7) is 17.6. The first-order chi connectivity index (χ1) is 32.2. The molecule has 2 heterocycles. The number of unbranched alkanes of at least 4 members (excludes halogenated alkanes) is 7. The maximum absolute atomic E-state index is 12.7. The number of amides is 2. The molecule has 0 aliphatic heterocycles. The number of aldehydes is 1.